The first-order chi connectivity index (χ1) is 6.58. The molecule has 0 bridgehead atoms. The second-order valence-corrected chi connectivity index (χ2v) is 4.95. The van der Waals surface area contributed by atoms with Crippen LogP contribution in [-0.2, 0) is 11.2 Å². The van der Waals surface area contributed by atoms with Crippen LogP contribution in [0.1, 0.15) is 16.7 Å². The number of thioether (sulfide) groups is 1. The molecule has 1 atom stereocenters. The highest BCUT2D eigenvalue weighted by Crippen LogP contribution is 2.39. The van der Waals surface area contributed by atoms with Gasteiger partial charge in [0.05, 0.1) is 0 Å². The van der Waals surface area contributed by atoms with Gasteiger partial charge >= 0.3 is 5.97 Å². The predicted molar refractivity (Wildman–Crippen MR) is 56.9 cm³/mol. The normalized spacial score (nSPS) is 19.4. The third-order valence-corrected chi connectivity index (χ3v) is 3.78. The van der Waals surface area contributed by atoms with Gasteiger partial charge in [-0.3, -0.25) is 4.79 Å². The highest BCUT2D eigenvalue weighted by Gasteiger charge is 2.28. The summed E-state index contributed by atoms with van der Waals surface area (Å²) in [4.78, 5) is 12.0. The van der Waals surface area contributed by atoms with Crippen LogP contribution < -0.4 is 0 Å². The molecule has 0 fully saturated rings. The molecular formula is C11H12O2S. The van der Waals surface area contributed by atoms with Gasteiger partial charge in [0.15, 0.2) is 0 Å². The number of hydrogen-bond acceptors (Lipinski definition) is 2. The van der Waals surface area contributed by atoms with Gasteiger partial charge in [-0.2, -0.15) is 0 Å². The first-order valence-electron chi connectivity index (χ1n) is 4.57. The van der Waals surface area contributed by atoms with Crippen molar-refractivity contribution in [2.75, 3.05) is 0 Å². The Hall–Kier alpha value is -0.960. The summed E-state index contributed by atoms with van der Waals surface area (Å²) >= 11 is 1.47. The number of rotatable bonds is 1. The van der Waals surface area contributed by atoms with Crippen molar-refractivity contribution < 1.29 is 9.90 Å². The monoisotopic (exact) mass is 208 g/mol. The topological polar surface area (TPSA) is 37.3 Å². The molecule has 1 aliphatic heterocycles. The van der Waals surface area contributed by atoms with E-state index >= 15 is 0 Å². The summed E-state index contributed by atoms with van der Waals surface area (Å²) in [6.45, 7) is 4.10. The summed E-state index contributed by atoms with van der Waals surface area (Å²) in [6, 6.07) is 4.19. The zero-order chi connectivity index (χ0) is 10.3. The summed E-state index contributed by atoms with van der Waals surface area (Å²) in [5.74, 6) is -0.705. The van der Waals surface area contributed by atoms with Gasteiger partial charge in [-0.1, -0.05) is 6.07 Å². The Morgan fingerprint density at radius 3 is 2.86 bits per heavy atom. The quantitative estimate of drug-likeness (QED) is 0.770. The smallest absolute Gasteiger partial charge is 0.317 e. The second kappa shape index (κ2) is 3.31. The van der Waals surface area contributed by atoms with Crippen LogP contribution in [0.4, 0.5) is 0 Å². The molecule has 0 saturated carbocycles. The van der Waals surface area contributed by atoms with Crippen LogP contribution in [0.5, 0.6) is 0 Å². The van der Waals surface area contributed by atoms with E-state index in [-0.39, 0.29) is 5.25 Å². The zero-order valence-corrected chi connectivity index (χ0v) is 9.02. The molecule has 1 aromatic carbocycles. The fourth-order valence-corrected chi connectivity index (χ4v) is 3.14. The minimum absolute atomic E-state index is 0.287. The maximum atomic E-state index is 10.8. The van der Waals surface area contributed by atoms with E-state index in [1.165, 1.54) is 28.5 Å². The summed E-state index contributed by atoms with van der Waals surface area (Å²) in [6.07, 6.45) is 0.668. The molecule has 0 aromatic heterocycles. The van der Waals surface area contributed by atoms with Gasteiger partial charge in [0.25, 0.3) is 0 Å². The molecule has 1 heterocycles. The van der Waals surface area contributed by atoms with Gasteiger partial charge in [-0.25, -0.2) is 0 Å². The summed E-state index contributed by atoms with van der Waals surface area (Å²) in [7, 11) is 0. The largest absolute Gasteiger partial charge is 0.480 e. The molecule has 0 radical (unpaired) electrons. The average Bonchev–Trinajstić information content (AvgIpc) is 2.47. The van der Waals surface area contributed by atoms with E-state index in [1.807, 2.05) is 6.92 Å². The molecule has 74 valence electrons. The van der Waals surface area contributed by atoms with Crippen LogP contribution in [0.3, 0.4) is 0 Å². The third-order valence-electron chi connectivity index (χ3n) is 2.51. The number of benzene rings is 1. The number of carboxylic acid groups (broad SMARTS) is 1. The predicted octanol–water partition coefficient (Wildman–Crippen LogP) is 2.40. The summed E-state index contributed by atoms with van der Waals surface area (Å²) in [5, 5.41) is 8.64. The second-order valence-electron chi connectivity index (χ2n) is 3.71. The zero-order valence-electron chi connectivity index (χ0n) is 8.20. The Labute approximate surface area is 87.3 Å². The van der Waals surface area contributed by atoms with Gasteiger partial charge in [-0.15, -0.1) is 11.8 Å². The van der Waals surface area contributed by atoms with Crippen LogP contribution in [0.25, 0.3) is 0 Å². The highest BCUT2D eigenvalue weighted by atomic mass is 32.2. The number of hydrogen-bond donors (Lipinski definition) is 1. The van der Waals surface area contributed by atoms with Crippen molar-refractivity contribution in [3.05, 3.63) is 28.8 Å². The number of carbonyl (C=O) groups is 1. The Bertz CT molecular complexity index is 399. The number of aryl methyl sites for hydroxylation is 2. The Morgan fingerprint density at radius 1 is 1.50 bits per heavy atom. The molecule has 2 nitrogen and oxygen atoms in total. The highest BCUT2D eigenvalue weighted by molar-refractivity contribution is 8.01. The molecule has 1 aromatic rings. The van der Waals surface area contributed by atoms with Crippen LogP contribution in [0.15, 0.2) is 17.0 Å². The van der Waals surface area contributed by atoms with E-state index < -0.39 is 5.97 Å². The first kappa shape index (κ1) is 9.59. The minimum atomic E-state index is -0.705. The molecule has 2 rings (SSSR count). The molecule has 0 spiro atoms. The molecule has 3 heteroatoms. The minimum Gasteiger partial charge on any atom is -0.480 e. The van der Waals surface area contributed by atoms with Gasteiger partial charge in [0.1, 0.15) is 5.25 Å². The maximum absolute atomic E-state index is 10.8. The van der Waals surface area contributed by atoms with Crippen LogP contribution >= 0.6 is 11.8 Å². The van der Waals surface area contributed by atoms with Crippen molar-refractivity contribution in [1.29, 1.82) is 0 Å². The summed E-state index contributed by atoms with van der Waals surface area (Å²) in [5.41, 5.74) is 3.64. The lowest BCUT2D eigenvalue weighted by atomic mass is 10.0. The molecular weight excluding hydrogens is 196 g/mol. The Balaban J connectivity index is 2.39. The fraction of sp³-hybridized carbons (Fsp3) is 0.364. The van der Waals surface area contributed by atoms with E-state index in [9.17, 15) is 4.79 Å². The van der Waals surface area contributed by atoms with Crippen molar-refractivity contribution in [3.63, 3.8) is 0 Å². The van der Waals surface area contributed by atoms with Gasteiger partial charge in [0, 0.05) is 4.90 Å². The average molecular weight is 208 g/mol. The molecule has 0 saturated heterocycles. The van der Waals surface area contributed by atoms with Crippen molar-refractivity contribution in [2.45, 2.75) is 30.4 Å². The van der Waals surface area contributed by atoms with Crippen molar-refractivity contribution in [1.82, 2.24) is 0 Å². The standard InChI is InChI=1S/C11H12O2S/c1-6-3-7(2)8-5-10(11(12)13)14-9(8)4-6/h3-4,10H,5H2,1-2H3,(H,12,13)/t10-/m0/s1. The van der Waals surface area contributed by atoms with E-state index in [0.29, 0.717) is 6.42 Å². The lowest BCUT2D eigenvalue weighted by molar-refractivity contribution is -0.136. The molecule has 0 aliphatic carbocycles. The van der Waals surface area contributed by atoms with E-state index in [4.69, 9.17) is 5.11 Å². The Morgan fingerprint density at radius 2 is 2.21 bits per heavy atom. The molecule has 0 unspecified atom stereocenters. The van der Waals surface area contributed by atoms with Crippen LogP contribution in [0.2, 0.25) is 0 Å². The molecule has 1 aliphatic rings. The van der Waals surface area contributed by atoms with Crippen molar-refractivity contribution >= 4 is 17.7 Å². The third kappa shape index (κ3) is 1.52. The van der Waals surface area contributed by atoms with E-state index in [1.54, 1.807) is 0 Å². The lowest BCUT2D eigenvalue weighted by Crippen LogP contribution is -2.14. The van der Waals surface area contributed by atoms with Crippen molar-refractivity contribution in [2.24, 2.45) is 0 Å². The first-order valence-corrected chi connectivity index (χ1v) is 5.45. The van der Waals surface area contributed by atoms with Crippen LogP contribution in [-0.4, -0.2) is 16.3 Å². The molecule has 1 N–H and O–H groups in total. The van der Waals surface area contributed by atoms with E-state index in [2.05, 4.69) is 19.1 Å². The van der Waals surface area contributed by atoms with E-state index in [0.717, 1.165) is 4.90 Å². The number of carboxylic acids is 1. The molecule has 14 heavy (non-hydrogen) atoms. The Kier molecular flexibility index (Phi) is 2.27. The lowest BCUT2D eigenvalue weighted by Gasteiger charge is -2.03. The maximum Gasteiger partial charge on any atom is 0.317 e. The van der Waals surface area contributed by atoms with Crippen molar-refractivity contribution in [3.8, 4) is 0 Å². The summed E-state index contributed by atoms with van der Waals surface area (Å²) < 4.78 is 0. The SMILES string of the molecule is Cc1cc(C)c2c(c1)S[C@H](C(=O)O)C2. The number of fused-ring (bicyclic) bond motifs is 1. The van der Waals surface area contributed by atoms with Gasteiger partial charge in [-0.05, 0) is 43.0 Å². The van der Waals surface area contributed by atoms with Crippen LogP contribution in [0, 0.1) is 13.8 Å². The van der Waals surface area contributed by atoms with Gasteiger partial charge in [0.2, 0.25) is 0 Å². The fourth-order valence-electron chi connectivity index (χ4n) is 1.84. The molecule has 0 amide bonds. The number of aliphatic carboxylic acids is 1. The van der Waals surface area contributed by atoms with Gasteiger partial charge < -0.3 is 5.11 Å².